The second-order valence-corrected chi connectivity index (χ2v) is 17.0. The van der Waals surface area contributed by atoms with Crippen molar-refractivity contribution in [2.75, 3.05) is 0 Å². The van der Waals surface area contributed by atoms with Crippen LogP contribution < -0.4 is 0 Å². The summed E-state index contributed by atoms with van der Waals surface area (Å²) in [5.41, 5.74) is 16.2. The SMILES string of the molecule is c1ccc(-c2nc(-c3ccccc3)nc(-c3cccc4oc5ccc(-c6ccc(-c7cccc8c7-c7ccccc7C8(c7ccccc7)c7ccccc7)c7ccccc67)cc5c34)n2)cc1. The van der Waals surface area contributed by atoms with Gasteiger partial charge in [0.2, 0.25) is 0 Å². The Labute approximate surface area is 382 Å². The first-order valence-corrected chi connectivity index (χ1v) is 22.4. The van der Waals surface area contributed by atoms with Crippen molar-refractivity contribution in [2.45, 2.75) is 5.41 Å². The number of nitrogens with zero attached hydrogens (tertiary/aromatic N) is 3. The highest BCUT2D eigenvalue weighted by Gasteiger charge is 2.46. The van der Waals surface area contributed by atoms with Crippen molar-refractivity contribution in [1.29, 1.82) is 0 Å². The number of furan rings is 1. The standard InChI is InChI=1S/C62H39N3O/c1-5-19-40(20-6-1)59-63-60(41-21-7-2-8-22-41)65-61(64-59)51-31-18-34-56-58(51)52-39-42(35-38-55(52)66-56)45-36-37-48(47-28-14-13-27-46(45)47)49-30-17-33-54-57(49)50-29-15-16-32-53(50)62(54,43-23-9-3-10-24-43)44-25-11-4-12-26-44/h1-39H. The summed E-state index contributed by atoms with van der Waals surface area (Å²) in [6.45, 7) is 0. The zero-order valence-electron chi connectivity index (χ0n) is 35.8. The maximum absolute atomic E-state index is 6.58. The third-order valence-corrected chi connectivity index (χ3v) is 13.4. The Hall–Kier alpha value is -8.73. The molecule has 1 aliphatic carbocycles. The fourth-order valence-corrected chi connectivity index (χ4v) is 10.6. The molecule has 308 valence electrons. The maximum Gasteiger partial charge on any atom is 0.164 e. The van der Waals surface area contributed by atoms with E-state index in [0.29, 0.717) is 17.5 Å². The lowest BCUT2D eigenvalue weighted by atomic mass is 9.67. The number of aromatic nitrogens is 3. The summed E-state index contributed by atoms with van der Waals surface area (Å²) in [5, 5.41) is 4.35. The number of rotatable bonds is 7. The van der Waals surface area contributed by atoms with E-state index in [4.69, 9.17) is 19.4 Å². The van der Waals surface area contributed by atoms with Gasteiger partial charge < -0.3 is 4.42 Å². The Morgan fingerprint density at radius 3 is 1.50 bits per heavy atom. The number of fused-ring (bicyclic) bond motifs is 7. The highest BCUT2D eigenvalue weighted by Crippen LogP contribution is 2.58. The van der Waals surface area contributed by atoms with Crippen LogP contribution in [0.5, 0.6) is 0 Å². The normalized spacial score (nSPS) is 12.7. The van der Waals surface area contributed by atoms with Crippen molar-refractivity contribution < 1.29 is 4.42 Å². The molecule has 10 aromatic carbocycles. The molecule has 0 atom stereocenters. The number of hydrogen-bond acceptors (Lipinski definition) is 4. The third kappa shape index (κ3) is 5.82. The van der Waals surface area contributed by atoms with Gasteiger partial charge in [0, 0.05) is 27.5 Å². The van der Waals surface area contributed by atoms with Gasteiger partial charge in [0.15, 0.2) is 17.5 Å². The zero-order chi connectivity index (χ0) is 43.6. The molecule has 2 aromatic heterocycles. The second-order valence-electron chi connectivity index (χ2n) is 17.0. The average Bonchev–Trinajstić information content (AvgIpc) is 3.93. The molecule has 0 radical (unpaired) electrons. The van der Waals surface area contributed by atoms with Crippen LogP contribution >= 0.6 is 0 Å². The van der Waals surface area contributed by atoms with Crippen molar-refractivity contribution in [1.82, 2.24) is 15.0 Å². The van der Waals surface area contributed by atoms with E-state index in [2.05, 4.69) is 164 Å². The van der Waals surface area contributed by atoms with Crippen LogP contribution in [-0.4, -0.2) is 15.0 Å². The van der Waals surface area contributed by atoms with Gasteiger partial charge in [-0.15, -0.1) is 0 Å². The van der Waals surface area contributed by atoms with Crippen LogP contribution in [0.25, 0.3) is 100 Å². The smallest absolute Gasteiger partial charge is 0.164 e. The van der Waals surface area contributed by atoms with E-state index in [0.717, 1.165) is 49.8 Å². The molecule has 0 unspecified atom stereocenters. The molecule has 0 saturated carbocycles. The highest BCUT2D eigenvalue weighted by atomic mass is 16.3. The molecule has 1 aliphatic rings. The van der Waals surface area contributed by atoms with Gasteiger partial charge in [0.1, 0.15) is 11.2 Å². The van der Waals surface area contributed by atoms with Crippen LogP contribution in [0.4, 0.5) is 0 Å². The van der Waals surface area contributed by atoms with Crippen molar-refractivity contribution in [3.05, 3.63) is 259 Å². The van der Waals surface area contributed by atoms with Gasteiger partial charge in [-0.3, -0.25) is 0 Å². The lowest BCUT2D eigenvalue weighted by Crippen LogP contribution is -2.28. The van der Waals surface area contributed by atoms with Crippen LogP contribution in [0.15, 0.2) is 241 Å². The summed E-state index contributed by atoms with van der Waals surface area (Å²) < 4.78 is 6.58. The van der Waals surface area contributed by atoms with E-state index in [-0.39, 0.29) is 0 Å². The molecule has 0 bridgehead atoms. The molecule has 4 heteroatoms. The predicted molar refractivity (Wildman–Crippen MR) is 269 cm³/mol. The molecule has 0 fully saturated rings. The summed E-state index contributed by atoms with van der Waals surface area (Å²) in [7, 11) is 0. The fraction of sp³-hybridized carbons (Fsp3) is 0.0161. The van der Waals surface area contributed by atoms with E-state index < -0.39 is 5.41 Å². The van der Waals surface area contributed by atoms with Crippen LogP contribution in [0.2, 0.25) is 0 Å². The van der Waals surface area contributed by atoms with Crippen LogP contribution in [0.3, 0.4) is 0 Å². The van der Waals surface area contributed by atoms with E-state index in [1.807, 2.05) is 72.8 Å². The van der Waals surface area contributed by atoms with Crippen LogP contribution in [-0.2, 0) is 5.41 Å². The van der Waals surface area contributed by atoms with Crippen molar-refractivity contribution in [3.63, 3.8) is 0 Å². The minimum atomic E-state index is -0.477. The Kier molecular flexibility index (Phi) is 8.72. The van der Waals surface area contributed by atoms with Crippen molar-refractivity contribution >= 4 is 32.7 Å². The van der Waals surface area contributed by atoms with Gasteiger partial charge in [-0.1, -0.05) is 218 Å². The molecule has 13 rings (SSSR count). The number of benzene rings is 10. The van der Waals surface area contributed by atoms with Crippen molar-refractivity contribution in [2.24, 2.45) is 0 Å². The average molecular weight is 842 g/mol. The summed E-state index contributed by atoms with van der Waals surface area (Å²) in [6.07, 6.45) is 0. The Morgan fingerprint density at radius 1 is 0.303 bits per heavy atom. The molecule has 0 amide bonds. The minimum Gasteiger partial charge on any atom is -0.456 e. The summed E-state index contributed by atoms with van der Waals surface area (Å²) in [4.78, 5) is 15.2. The van der Waals surface area contributed by atoms with Gasteiger partial charge in [0.25, 0.3) is 0 Å². The van der Waals surface area contributed by atoms with Crippen molar-refractivity contribution in [3.8, 4) is 67.5 Å². The van der Waals surface area contributed by atoms with Gasteiger partial charge in [-0.05, 0) is 84.6 Å². The Balaban J connectivity index is 0.990. The molecule has 4 nitrogen and oxygen atoms in total. The first-order valence-electron chi connectivity index (χ1n) is 22.4. The third-order valence-electron chi connectivity index (χ3n) is 13.4. The molecular formula is C62H39N3O. The quantitative estimate of drug-likeness (QED) is 0.160. The monoisotopic (exact) mass is 841 g/mol. The van der Waals surface area contributed by atoms with Gasteiger partial charge in [-0.2, -0.15) is 0 Å². The molecular weight excluding hydrogens is 803 g/mol. The zero-order valence-corrected chi connectivity index (χ0v) is 35.8. The summed E-state index contributed by atoms with van der Waals surface area (Å²) >= 11 is 0. The topological polar surface area (TPSA) is 51.8 Å². The Morgan fingerprint density at radius 2 is 0.818 bits per heavy atom. The summed E-state index contributed by atoms with van der Waals surface area (Å²) in [5.74, 6) is 1.83. The predicted octanol–water partition coefficient (Wildman–Crippen LogP) is 15.6. The van der Waals surface area contributed by atoms with E-state index in [1.165, 1.54) is 55.3 Å². The Bertz CT molecular complexity index is 3710. The van der Waals surface area contributed by atoms with E-state index in [9.17, 15) is 0 Å². The number of hydrogen-bond donors (Lipinski definition) is 0. The van der Waals surface area contributed by atoms with Gasteiger partial charge in [-0.25, -0.2) is 15.0 Å². The highest BCUT2D eigenvalue weighted by molar-refractivity contribution is 6.14. The largest absolute Gasteiger partial charge is 0.456 e. The fourth-order valence-electron chi connectivity index (χ4n) is 10.6. The maximum atomic E-state index is 6.58. The van der Waals surface area contributed by atoms with E-state index in [1.54, 1.807) is 0 Å². The molecule has 0 saturated heterocycles. The molecule has 0 N–H and O–H groups in total. The van der Waals surface area contributed by atoms with Gasteiger partial charge in [0.05, 0.1) is 5.41 Å². The molecule has 2 heterocycles. The van der Waals surface area contributed by atoms with Gasteiger partial charge >= 0.3 is 0 Å². The molecule has 12 aromatic rings. The summed E-state index contributed by atoms with van der Waals surface area (Å²) in [6, 6.07) is 84.3. The molecule has 0 aliphatic heterocycles. The lowest BCUT2D eigenvalue weighted by Gasteiger charge is -2.34. The van der Waals surface area contributed by atoms with Crippen LogP contribution in [0, 0.1) is 0 Å². The minimum absolute atomic E-state index is 0.477. The lowest BCUT2D eigenvalue weighted by molar-refractivity contribution is 0.669. The van der Waals surface area contributed by atoms with E-state index >= 15 is 0 Å². The first-order chi connectivity index (χ1) is 32.7. The molecule has 66 heavy (non-hydrogen) atoms. The molecule has 0 spiro atoms. The first kappa shape index (κ1) is 37.8. The second kappa shape index (κ2) is 15.2. The van der Waals surface area contributed by atoms with Crippen LogP contribution in [0.1, 0.15) is 22.3 Å².